The summed E-state index contributed by atoms with van der Waals surface area (Å²) in [7, 11) is 0. The zero-order valence-corrected chi connectivity index (χ0v) is 10.9. The molecule has 3 aromatic rings. The van der Waals surface area contributed by atoms with Gasteiger partial charge in [-0.1, -0.05) is 11.8 Å². The van der Waals surface area contributed by atoms with Crippen LogP contribution >= 0.6 is 0 Å². The number of aromatic amines is 1. The third kappa shape index (κ3) is 2.65. The molecule has 3 rings (SSSR count). The zero-order valence-electron chi connectivity index (χ0n) is 10.9. The van der Waals surface area contributed by atoms with Crippen molar-refractivity contribution in [2.75, 3.05) is 0 Å². The summed E-state index contributed by atoms with van der Waals surface area (Å²) in [6.07, 6.45) is 5.62. The Morgan fingerprint density at radius 3 is 3.05 bits per heavy atom. The van der Waals surface area contributed by atoms with Crippen LogP contribution in [-0.4, -0.2) is 21.2 Å². The molecule has 3 aromatic heterocycles. The average Bonchev–Trinajstić information content (AvgIpc) is 2.97. The lowest BCUT2D eigenvalue weighted by Crippen LogP contribution is -1.91. The molecule has 0 spiro atoms. The molecule has 1 N–H and O–H groups in total. The number of nitrogens with zero attached hydrogens (tertiary/aromatic N) is 2. The number of nitrogens with one attached hydrogen (secondary N) is 1. The molecule has 0 saturated carbocycles. The van der Waals surface area contributed by atoms with Gasteiger partial charge in [0.25, 0.3) is 0 Å². The van der Waals surface area contributed by atoms with Gasteiger partial charge in [0, 0.05) is 36.3 Å². The largest absolute Gasteiger partial charge is 0.346 e. The maximum absolute atomic E-state index is 14.2. The van der Waals surface area contributed by atoms with Crippen molar-refractivity contribution < 1.29 is 9.18 Å². The van der Waals surface area contributed by atoms with Gasteiger partial charge in [0.05, 0.1) is 10.9 Å². The molecule has 0 aromatic carbocycles. The van der Waals surface area contributed by atoms with E-state index in [1.165, 1.54) is 6.20 Å². The summed E-state index contributed by atoms with van der Waals surface area (Å²) in [5, 5.41) is 0.415. The summed E-state index contributed by atoms with van der Waals surface area (Å²) in [5.41, 5.74) is 2.04. The van der Waals surface area contributed by atoms with Crippen LogP contribution in [0.25, 0.3) is 11.0 Å². The van der Waals surface area contributed by atoms with Crippen molar-refractivity contribution in [2.24, 2.45) is 0 Å². The molecular weight excluding hydrogens is 269 g/mol. The van der Waals surface area contributed by atoms with Crippen molar-refractivity contribution in [3.8, 4) is 11.8 Å². The molecule has 0 bridgehead atoms. The number of H-pyrrole nitrogens is 1. The van der Waals surface area contributed by atoms with E-state index in [2.05, 4.69) is 26.8 Å². The highest BCUT2D eigenvalue weighted by Gasteiger charge is 2.07. The van der Waals surface area contributed by atoms with Gasteiger partial charge in [-0.15, -0.1) is 0 Å². The number of halogens is 1. The Morgan fingerprint density at radius 1 is 1.29 bits per heavy atom. The Balaban J connectivity index is 1.97. The SMILES string of the molecule is O=CCc1cc(C#Cc2cnc3[nH]ccc3c2F)ccn1. The smallest absolute Gasteiger partial charge is 0.151 e. The quantitative estimate of drug-likeness (QED) is 0.578. The third-order valence-corrected chi connectivity index (χ3v) is 2.97. The highest BCUT2D eigenvalue weighted by atomic mass is 19.1. The minimum Gasteiger partial charge on any atom is -0.346 e. The molecule has 0 aliphatic heterocycles. The first-order chi connectivity index (χ1) is 10.3. The average molecular weight is 279 g/mol. The van der Waals surface area contributed by atoms with Gasteiger partial charge in [0.1, 0.15) is 11.9 Å². The van der Waals surface area contributed by atoms with E-state index in [1.54, 1.807) is 30.6 Å². The van der Waals surface area contributed by atoms with Gasteiger partial charge in [-0.05, 0) is 18.2 Å². The Labute approximate surface area is 120 Å². The number of fused-ring (bicyclic) bond motifs is 1. The number of hydrogen-bond acceptors (Lipinski definition) is 3. The van der Waals surface area contributed by atoms with Crippen LogP contribution in [0.2, 0.25) is 0 Å². The van der Waals surface area contributed by atoms with Gasteiger partial charge in [0.2, 0.25) is 0 Å². The van der Waals surface area contributed by atoms with Crippen LogP contribution in [0.3, 0.4) is 0 Å². The van der Waals surface area contributed by atoms with Crippen LogP contribution in [0.1, 0.15) is 16.8 Å². The molecule has 0 aliphatic rings. The molecule has 0 amide bonds. The topological polar surface area (TPSA) is 58.6 Å². The van der Waals surface area contributed by atoms with Crippen molar-refractivity contribution in [3.05, 3.63) is 59.4 Å². The molecule has 4 nitrogen and oxygen atoms in total. The zero-order chi connectivity index (χ0) is 14.7. The van der Waals surface area contributed by atoms with Crippen molar-refractivity contribution in [3.63, 3.8) is 0 Å². The van der Waals surface area contributed by atoms with Gasteiger partial charge < -0.3 is 9.78 Å². The maximum Gasteiger partial charge on any atom is 0.151 e. The fourth-order valence-electron chi connectivity index (χ4n) is 1.96. The lowest BCUT2D eigenvalue weighted by atomic mass is 10.1. The van der Waals surface area contributed by atoms with E-state index in [4.69, 9.17) is 0 Å². The summed E-state index contributed by atoms with van der Waals surface area (Å²) >= 11 is 0. The first-order valence-corrected chi connectivity index (χ1v) is 6.30. The van der Waals surface area contributed by atoms with Crippen LogP contribution < -0.4 is 0 Å². The summed E-state index contributed by atoms with van der Waals surface area (Å²) in [6, 6.07) is 5.04. The lowest BCUT2D eigenvalue weighted by molar-refractivity contribution is -0.107. The van der Waals surface area contributed by atoms with Gasteiger partial charge in [-0.2, -0.15) is 0 Å². The lowest BCUT2D eigenvalue weighted by Gasteiger charge is -1.96. The second-order valence-electron chi connectivity index (χ2n) is 4.38. The van der Waals surface area contributed by atoms with Crippen LogP contribution in [0.4, 0.5) is 4.39 Å². The van der Waals surface area contributed by atoms with Crippen LogP contribution in [0.15, 0.2) is 36.8 Å². The number of hydrogen-bond donors (Lipinski definition) is 1. The predicted octanol–water partition coefficient (Wildman–Crippen LogP) is 2.24. The van der Waals surface area contributed by atoms with Gasteiger partial charge in [0.15, 0.2) is 5.82 Å². The van der Waals surface area contributed by atoms with Crippen molar-refractivity contribution in [2.45, 2.75) is 6.42 Å². The molecule has 5 heteroatoms. The monoisotopic (exact) mass is 279 g/mol. The fourth-order valence-corrected chi connectivity index (χ4v) is 1.96. The second kappa shape index (κ2) is 5.55. The third-order valence-electron chi connectivity index (χ3n) is 2.97. The highest BCUT2D eigenvalue weighted by Crippen LogP contribution is 2.17. The van der Waals surface area contributed by atoms with E-state index in [0.717, 1.165) is 6.29 Å². The van der Waals surface area contributed by atoms with E-state index >= 15 is 0 Å². The summed E-state index contributed by atoms with van der Waals surface area (Å²) in [4.78, 5) is 21.5. The van der Waals surface area contributed by atoms with Crippen LogP contribution in [-0.2, 0) is 11.2 Å². The number of rotatable bonds is 2. The number of aldehydes is 1. The molecule has 102 valence electrons. The van der Waals surface area contributed by atoms with E-state index in [-0.39, 0.29) is 12.0 Å². The molecule has 21 heavy (non-hydrogen) atoms. The van der Waals surface area contributed by atoms with Crippen molar-refractivity contribution in [1.29, 1.82) is 0 Å². The van der Waals surface area contributed by atoms with Gasteiger partial charge >= 0.3 is 0 Å². The minimum absolute atomic E-state index is 0.232. The standard InChI is InChI=1S/C16H10FN3O/c17-15-12(10-20-16-14(15)4-7-19-16)2-1-11-3-6-18-13(9-11)5-8-21/h3-4,6-10H,5H2,(H,19,20). The Kier molecular flexibility index (Phi) is 3.44. The second-order valence-corrected chi connectivity index (χ2v) is 4.38. The highest BCUT2D eigenvalue weighted by molar-refractivity contribution is 5.77. The maximum atomic E-state index is 14.2. The first kappa shape index (κ1) is 13.0. The predicted molar refractivity (Wildman–Crippen MR) is 76.0 cm³/mol. The molecule has 0 fully saturated rings. The van der Waals surface area contributed by atoms with Crippen molar-refractivity contribution >= 4 is 17.3 Å². The molecule has 0 saturated heterocycles. The number of aromatic nitrogens is 3. The van der Waals surface area contributed by atoms with Crippen molar-refractivity contribution in [1.82, 2.24) is 15.0 Å². The molecule has 0 aliphatic carbocycles. The molecule has 0 radical (unpaired) electrons. The van der Waals surface area contributed by atoms with Crippen LogP contribution in [0.5, 0.6) is 0 Å². The number of carbonyl (C=O) groups excluding carboxylic acids is 1. The summed E-state index contributed by atoms with van der Waals surface area (Å²) in [5.74, 6) is 5.23. The number of pyridine rings is 2. The van der Waals surface area contributed by atoms with E-state index in [9.17, 15) is 9.18 Å². The normalized spacial score (nSPS) is 10.1. The first-order valence-electron chi connectivity index (χ1n) is 6.30. The molecule has 3 heterocycles. The van der Waals surface area contributed by atoms with E-state index in [0.29, 0.717) is 22.3 Å². The molecule has 0 atom stereocenters. The fraction of sp³-hybridized carbons (Fsp3) is 0.0625. The Bertz CT molecular complexity index is 874. The van der Waals surface area contributed by atoms with E-state index in [1.807, 2.05) is 0 Å². The molecular formula is C16H10FN3O. The van der Waals surface area contributed by atoms with Gasteiger partial charge in [-0.3, -0.25) is 4.98 Å². The summed E-state index contributed by atoms with van der Waals surface area (Å²) < 4.78 is 14.2. The molecule has 0 unspecified atom stereocenters. The van der Waals surface area contributed by atoms with Gasteiger partial charge in [-0.25, -0.2) is 9.37 Å². The Hall–Kier alpha value is -3.00. The van der Waals surface area contributed by atoms with E-state index < -0.39 is 5.82 Å². The Morgan fingerprint density at radius 2 is 2.19 bits per heavy atom. The number of carbonyl (C=O) groups is 1. The van der Waals surface area contributed by atoms with Crippen LogP contribution in [0, 0.1) is 17.7 Å². The summed E-state index contributed by atoms with van der Waals surface area (Å²) in [6.45, 7) is 0. The minimum atomic E-state index is -0.393.